The fraction of sp³-hybridized carbons (Fsp3) is 0.318. The van der Waals surface area contributed by atoms with Crippen LogP contribution in [0, 0.1) is 0 Å². The van der Waals surface area contributed by atoms with Crippen molar-refractivity contribution in [2.75, 3.05) is 37.6 Å². The van der Waals surface area contributed by atoms with Crippen LogP contribution in [-0.2, 0) is 0 Å². The van der Waals surface area contributed by atoms with Crippen LogP contribution >= 0.6 is 0 Å². The zero-order chi connectivity index (χ0) is 17.6. The second-order valence-electron chi connectivity index (χ2n) is 6.77. The quantitative estimate of drug-likeness (QED) is 0.769. The Hall–Kier alpha value is -2.39. The van der Waals surface area contributed by atoms with E-state index in [0.29, 0.717) is 0 Å². The second-order valence-corrected chi connectivity index (χ2v) is 6.77. The molecule has 0 radical (unpaired) electrons. The van der Waals surface area contributed by atoms with Crippen LogP contribution in [0.25, 0.3) is 6.08 Å². The highest BCUT2D eigenvalue weighted by Gasteiger charge is 2.17. The van der Waals surface area contributed by atoms with E-state index in [9.17, 15) is 4.79 Å². The molecule has 3 rings (SSSR count). The third-order valence-corrected chi connectivity index (χ3v) is 4.70. The van der Waals surface area contributed by atoms with Gasteiger partial charge in [0.1, 0.15) is 0 Å². The number of benzene rings is 2. The van der Waals surface area contributed by atoms with E-state index in [1.54, 1.807) is 6.92 Å². The van der Waals surface area contributed by atoms with E-state index in [1.807, 2.05) is 12.1 Å². The van der Waals surface area contributed by atoms with Crippen LogP contribution < -0.4 is 4.90 Å². The van der Waals surface area contributed by atoms with Gasteiger partial charge in [-0.3, -0.25) is 9.69 Å². The first-order valence-corrected chi connectivity index (χ1v) is 8.92. The minimum absolute atomic E-state index is 0.122. The van der Waals surface area contributed by atoms with E-state index < -0.39 is 0 Å². The number of carbonyl (C=O) groups is 1. The maximum absolute atomic E-state index is 11.4. The summed E-state index contributed by atoms with van der Waals surface area (Å²) in [5.41, 5.74) is 4.65. The molecule has 1 saturated heterocycles. The molecule has 1 heterocycles. The lowest BCUT2D eigenvalue weighted by atomic mass is 10.1. The van der Waals surface area contributed by atoms with E-state index in [4.69, 9.17) is 0 Å². The zero-order valence-electron chi connectivity index (χ0n) is 15.1. The third-order valence-electron chi connectivity index (χ3n) is 4.70. The van der Waals surface area contributed by atoms with Gasteiger partial charge in [0.05, 0.1) is 0 Å². The molecule has 3 nitrogen and oxygen atoms in total. The minimum atomic E-state index is 0.122. The Kier molecular flexibility index (Phi) is 5.67. The smallest absolute Gasteiger partial charge is 0.159 e. The second kappa shape index (κ2) is 8.13. The first-order valence-electron chi connectivity index (χ1n) is 8.92. The monoisotopic (exact) mass is 334 g/mol. The maximum Gasteiger partial charge on any atom is 0.159 e. The normalized spacial score (nSPS) is 16.1. The van der Waals surface area contributed by atoms with E-state index in [-0.39, 0.29) is 5.78 Å². The summed E-state index contributed by atoms with van der Waals surface area (Å²) in [7, 11) is 0. The standard InChI is InChI=1S/C22H26N2O/c1-18(16-20-6-4-3-5-7-20)17-23-12-14-24(15-13-23)22-10-8-21(9-11-22)19(2)25/h3-11,16H,12-15,17H2,1-2H3. The number of rotatable bonds is 5. The number of hydrogen-bond acceptors (Lipinski definition) is 3. The summed E-state index contributed by atoms with van der Waals surface area (Å²) in [6, 6.07) is 18.5. The molecule has 0 N–H and O–H groups in total. The maximum atomic E-state index is 11.4. The largest absolute Gasteiger partial charge is 0.369 e. The van der Waals surface area contributed by atoms with Gasteiger partial charge in [-0.15, -0.1) is 0 Å². The lowest BCUT2D eigenvalue weighted by molar-refractivity contribution is 0.101. The molecule has 0 amide bonds. The molecular weight excluding hydrogens is 308 g/mol. The summed E-state index contributed by atoms with van der Waals surface area (Å²) in [6.45, 7) is 9.02. The highest BCUT2D eigenvalue weighted by atomic mass is 16.1. The van der Waals surface area contributed by atoms with Crippen LogP contribution in [0.15, 0.2) is 60.2 Å². The minimum Gasteiger partial charge on any atom is -0.369 e. The lowest BCUT2D eigenvalue weighted by Gasteiger charge is -2.36. The SMILES string of the molecule is CC(=O)c1ccc(N2CCN(CC(C)=Cc3ccccc3)CC2)cc1. The molecule has 25 heavy (non-hydrogen) atoms. The number of Topliss-reactive ketones (excluding diaryl/α,β-unsaturated/α-hetero) is 1. The van der Waals surface area contributed by atoms with Gasteiger partial charge in [0, 0.05) is 44.0 Å². The summed E-state index contributed by atoms with van der Waals surface area (Å²) in [4.78, 5) is 16.3. The molecule has 1 fully saturated rings. The fourth-order valence-corrected chi connectivity index (χ4v) is 3.30. The Bertz CT molecular complexity index is 726. The fourth-order valence-electron chi connectivity index (χ4n) is 3.30. The predicted octanol–water partition coefficient (Wildman–Crippen LogP) is 4.11. The van der Waals surface area contributed by atoms with Gasteiger partial charge in [0.15, 0.2) is 5.78 Å². The van der Waals surface area contributed by atoms with Crippen molar-refractivity contribution in [3.8, 4) is 0 Å². The summed E-state index contributed by atoms with van der Waals surface area (Å²) in [5, 5.41) is 0. The van der Waals surface area contributed by atoms with Crippen molar-refractivity contribution < 1.29 is 4.79 Å². The summed E-state index contributed by atoms with van der Waals surface area (Å²) in [6.07, 6.45) is 2.27. The van der Waals surface area contributed by atoms with Crippen molar-refractivity contribution >= 4 is 17.5 Å². The number of carbonyl (C=O) groups excluding carboxylic acids is 1. The van der Waals surface area contributed by atoms with E-state index >= 15 is 0 Å². The molecule has 130 valence electrons. The van der Waals surface area contributed by atoms with Crippen LogP contribution in [0.1, 0.15) is 29.8 Å². The Morgan fingerprint density at radius 3 is 2.16 bits per heavy atom. The molecule has 0 bridgehead atoms. The van der Waals surface area contributed by atoms with Crippen LogP contribution in [0.3, 0.4) is 0 Å². The molecule has 1 aliphatic heterocycles. The molecule has 3 heteroatoms. The molecule has 0 aliphatic carbocycles. The van der Waals surface area contributed by atoms with Gasteiger partial charge < -0.3 is 4.90 Å². The van der Waals surface area contributed by atoms with Crippen molar-refractivity contribution in [2.24, 2.45) is 0 Å². The van der Waals surface area contributed by atoms with Crippen molar-refractivity contribution in [1.29, 1.82) is 0 Å². The number of piperazine rings is 1. The van der Waals surface area contributed by atoms with Crippen LogP contribution in [0.4, 0.5) is 5.69 Å². The molecule has 0 unspecified atom stereocenters. The number of anilines is 1. The van der Waals surface area contributed by atoms with Gasteiger partial charge in [-0.05, 0) is 43.7 Å². The summed E-state index contributed by atoms with van der Waals surface area (Å²) < 4.78 is 0. The first kappa shape index (κ1) is 17.4. The average Bonchev–Trinajstić information content (AvgIpc) is 2.63. The predicted molar refractivity (Wildman–Crippen MR) is 105 cm³/mol. The number of hydrogen-bond donors (Lipinski definition) is 0. The Morgan fingerprint density at radius 2 is 1.56 bits per heavy atom. The van der Waals surface area contributed by atoms with E-state index in [1.165, 1.54) is 16.8 Å². The molecule has 2 aromatic carbocycles. The van der Waals surface area contributed by atoms with E-state index in [2.05, 4.69) is 65.3 Å². The Balaban J connectivity index is 1.53. The Morgan fingerprint density at radius 1 is 0.920 bits per heavy atom. The van der Waals surface area contributed by atoms with Gasteiger partial charge in [0.2, 0.25) is 0 Å². The average molecular weight is 334 g/mol. The molecule has 0 saturated carbocycles. The summed E-state index contributed by atoms with van der Waals surface area (Å²) in [5.74, 6) is 0.122. The van der Waals surface area contributed by atoms with Crippen molar-refractivity contribution in [1.82, 2.24) is 4.90 Å². The number of ketones is 1. The van der Waals surface area contributed by atoms with Crippen molar-refractivity contribution in [3.05, 3.63) is 71.3 Å². The molecule has 2 aromatic rings. The topological polar surface area (TPSA) is 23.6 Å². The lowest BCUT2D eigenvalue weighted by Crippen LogP contribution is -2.46. The van der Waals surface area contributed by atoms with Crippen LogP contribution in [0.2, 0.25) is 0 Å². The highest BCUT2D eigenvalue weighted by molar-refractivity contribution is 5.94. The highest BCUT2D eigenvalue weighted by Crippen LogP contribution is 2.18. The zero-order valence-corrected chi connectivity index (χ0v) is 15.1. The van der Waals surface area contributed by atoms with Crippen molar-refractivity contribution in [2.45, 2.75) is 13.8 Å². The first-order chi connectivity index (χ1) is 12.1. The Labute approximate surface area is 150 Å². The number of nitrogens with zero attached hydrogens (tertiary/aromatic N) is 2. The van der Waals surface area contributed by atoms with Crippen molar-refractivity contribution in [3.63, 3.8) is 0 Å². The van der Waals surface area contributed by atoms with Gasteiger partial charge >= 0.3 is 0 Å². The molecule has 0 spiro atoms. The molecule has 1 aliphatic rings. The van der Waals surface area contributed by atoms with E-state index in [0.717, 1.165) is 38.3 Å². The molecule has 0 aromatic heterocycles. The van der Waals surface area contributed by atoms with Gasteiger partial charge in [0.25, 0.3) is 0 Å². The van der Waals surface area contributed by atoms with Crippen LogP contribution in [-0.4, -0.2) is 43.4 Å². The van der Waals surface area contributed by atoms with Gasteiger partial charge in [-0.25, -0.2) is 0 Å². The third kappa shape index (κ3) is 4.80. The van der Waals surface area contributed by atoms with Gasteiger partial charge in [-0.1, -0.05) is 42.0 Å². The van der Waals surface area contributed by atoms with Crippen LogP contribution in [0.5, 0.6) is 0 Å². The molecular formula is C22H26N2O. The summed E-state index contributed by atoms with van der Waals surface area (Å²) >= 11 is 0. The van der Waals surface area contributed by atoms with Gasteiger partial charge in [-0.2, -0.15) is 0 Å². The molecule has 0 atom stereocenters.